The molecule has 0 aromatic carbocycles. The van der Waals surface area contributed by atoms with Crippen molar-refractivity contribution in [3.63, 3.8) is 0 Å². The third-order valence-corrected chi connectivity index (χ3v) is 6.12. The molecule has 2 aliphatic rings. The quantitative estimate of drug-likeness (QED) is 0.907. The van der Waals surface area contributed by atoms with E-state index in [0.29, 0.717) is 12.1 Å². The number of nitrogens with two attached hydrogens (primary N) is 1. The minimum absolute atomic E-state index is 0.445. The Hall–Kier alpha value is -0.380. The maximum absolute atomic E-state index is 6.16. The average molecular weight is 264 g/mol. The van der Waals surface area contributed by atoms with Crippen molar-refractivity contribution in [3.05, 3.63) is 21.9 Å². The van der Waals surface area contributed by atoms with Gasteiger partial charge < -0.3 is 5.73 Å². The van der Waals surface area contributed by atoms with Crippen LogP contribution in [0, 0.1) is 0 Å². The van der Waals surface area contributed by atoms with Crippen molar-refractivity contribution in [2.24, 2.45) is 5.73 Å². The minimum atomic E-state index is 0.445. The van der Waals surface area contributed by atoms with Crippen LogP contribution in [0.1, 0.15) is 55.3 Å². The van der Waals surface area contributed by atoms with Crippen molar-refractivity contribution in [2.45, 2.75) is 70.1 Å². The summed E-state index contributed by atoms with van der Waals surface area (Å²) in [7, 11) is 0. The number of aryl methyl sites for hydroxylation is 1. The van der Waals surface area contributed by atoms with Crippen LogP contribution in [-0.2, 0) is 6.42 Å². The highest BCUT2D eigenvalue weighted by molar-refractivity contribution is 7.12. The lowest BCUT2D eigenvalue weighted by Gasteiger charge is -2.41. The van der Waals surface area contributed by atoms with Gasteiger partial charge in [0.05, 0.1) is 0 Å². The van der Waals surface area contributed by atoms with Crippen LogP contribution in [0.5, 0.6) is 0 Å². The molecule has 0 radical (unpaired) electrons. The number of rotatable bonds is 3. The molecule has 3 atom stereocenters. The predicted molar refractivity (Wildman–Crippen MR) is 78.0 cm³/mol. The predicted octanol–water partition coefficient (Wildman–Crippen LogP) is 3.33. The number of piperidine rings is 1. The molecular weight excluding hydrogens is 240 g/mol. The zero-order chi connectivity index (χ0) is 12.7. The van der Waals surface area contributed by atoms with E-state index in [-0.39, 0.29) is 0 Å². The van der Waals surface area contributed by atoms with Crippen molar-refractivity contribution in [1.82, 2.24) is 4.90 Å². The monoisotopic (exact) mass is 264 g/mol. The van der Waals surface area contributed by atoms with E-state index in [2.05, 4.69) is 30.9 Å². The summed E-state index contributed by atoms with van der Waals surface area (Å²) in [4.78, 5) is 5.81. The highest BCUT2D eigenvalue weighted by Gasteiger charge is 2.42. The van der Waals surface area contributed by atoms with Gasteiger partial charge in [0.2, 0.25) is 0 Å². The molecule has 2 aliphatic heterocycles. The summed E-state index contributed by atoms with van der Waals surface area (Å²) in [6.07, 6.45) is 6.28. The Morgan fingerprint density at radius 2 is 2.00 bits per heavy atom. The molecule has 2 nitrogen and oxygen atoms in total. The summed E-state index contributed by atoms with van der Waals surface area (Å²) in [6.45, 7) is 4.62. The highest BCUT2D eigenvalue weighted by Crippen LogP contribution is 2.42. The van der Waals surface area contributed by atoms with E-state index in [1.165, 1.54) is 30.6 Å². The van der Waals surface area contributed by atoms with Gasteiger partial charge in [-0.2, -0.15) is 0 Å². The van der Waals surface area contributed by atoms with Crippen LogP contribution in [-0.4, -0.2) is 23.0 Å². The van der Waals surface area contributed by atoms with Crippen molar-refractivity contribution in [1.29, 1.82) is 0 Å². The third-order valence-electron chi connectivity index (χ3n) is 4.72. The third kappa shape index (κ3) is 2.13. The van der Waals surface area contributed by atoms with Crippen LogP contribution in [0.15, 0.2) is 12.1 Å². The Morgan fingerprint density at radius 3 is 2.56 bits per heavy atom. The van der Waals surface area contributed by atoms with Crippen molar-refractivity contribution < 1.29 is 0 Å². The van der Waals surface area contributed by atoms with Crippen molar-refractivity contribution in [3.8, 4) is 0 Å². The molecular formula is C15H24N2S. The lowest BCUT2D eigenvalue weighted by atomic mass is 9.96. The van der Waals surface area contributed by atoms with Crippen LogP contribution in [0.2, 0.25) is 0 Å². The fourth-order valence-corrected chi connectivity index (χ4v) is 4.86. The largest absolute Gasteiger partial charge is 0.328 e. The van der Waals surface area contributed by atoms with Crippen LogP contribution in [0.3, 0.4) is 0 Å². The molecule has 3 heterocycles. The first-order chi connectivity index (χ1) is 8.69. The summed E-state index contributed by atoms with van der Waals surface area (Å²) in [5.74, 6) is 0. The average Bonchev–Trinajstić information content (AvgIpc) is 2.92. The van der Waals surface area contributed by atoms with Gasteiger partial charge in [-0.25, -0.2) is 0 Å². The summed E-state index contributed by atoms with van der Waals surface area (Å²) in [6, 6.07) is 7.14. The fourth-order valence-electron chi connectivity index (χ4n) is 3.84. The van der Waals surface area contributed by atoms with E-state index in [9.17, 15) is 0 Å². The Kier molecular flexibility index (Phi) is 3.48. The van der Waals surface area contributed by atoms with Gasteiger partial charge in [-0.3, -0.25) is 4.90 Å². The van der Waals surface area contributed by atoms with Gasteiger partial charge in [-0.15, -0.1) is 11.3 Å². The van der Waals surface area contributed by atoms with Crippen LogP contribution in [0.25, 0.3) is 0 Å². The molecule has 2 fully saturated rings. The first kappa shape index (κ1) is 12.6. The molecule has 0 amide bonds. The Labute approximate surface area is 114 Å². The molecule has 2 bridgehead atoms. The molecule has 2 N–H and O–H groups in total. The molecule has 18 heavy (non-hydrogen) atoms. The van der Waals surface area contributed by atoms with Gasteiger partial charge in [-0.05, 0) is 51.2 Å². The van der Waals surface area contributed by atoms with Gasteiger partial charge in [0.25, 0.3) is 0 Å². The SMILES string of the molecule is CCc1ccc(C(C)N2C3CCC2CC(N)C3)s1. The molecule has 3 heteroatoms. The second kappa shape index (κ2) is 4.95. The summed E-state index contributed by atoms with van der Waals surface area (Å²) in [5.41, 5.74) is 6.16. The molecule has 100 valence electrons. The summed E-state index contributed by atoms with van der Waals surface area (Å²) < 4.78 is 0. The topological polar surface area (TPSA) is 29.3 Å². The molecule has 3 rings (SSSR count). The Morgan fingerprint density at radius 1 is 1.33 bits per heavy atom. The lowest BCUT2D eigenvalue weighted by Crippen LogP contribution is -2.48. The van der Waals surface area contributed by atoms with Crippen LogP contribution in [0.4, 0.5) is 0 Å². The van der Waals surface area contributed by atoms with E-state index in [4.69, 9.17) is 5.73 Å². The van der Waals surface area contributed by atoms with E-state index >= 15 is 0 Å². The van der Waals surface area contributed by atoms with Crippen LogP contribution < -0.4 is 5.73 Å². The smallest absolute Gasteiger partial charge is 0.0419 e. The maximum atomic E-state index is 6.16. The Bertz CT molecular complexity index is 400. The first-order valence-electron chi connectivity index (χ1n) is 7.30. The summed E-state index contributed by atoms with van der Waals surface area (Å²) in [5, 5.41) is 0. The molecule has 3 unspecified atom stereocenters. The standard InChI is InChI=1S/C15H24N2S/c1-3-14-6-7-15(18-14)10(2)17-12-4-5-13(17)9-11(16)8-12/h6-7,10-13H,3-5,8-9,16H2,1-2H3. The lowest BCUT2D eigenvalue weighted by molar-refractivity contribution is 0.0870. The number of fused-ring (bicyclic) bond motifs is 2. The van der Waals surface area contributed by atoms with Crippen molar-refractivity contribution in [2.75, 3.05) is 0 Å². The van der Waals surface area contributed by atoms with Gasteiger partial charge in [0.15, 0.2) is 0 Å². The number of nitrogens with zero attached hydrogens (tertiary/aromatic N) is 1. The minimum Gasteiger partial charge on any atom is -0.328 e. The van der Waals surface area contributed by atoms with Gasteiger partial charge in [0.1, 0.15) is 0 Å². The zero-order valence-electron chi connectivity index (χ0n) is 11.4. The van der Waals surface area contributed by atoms with Gasteiger partial charge in [0, 0.05) is 33.9 Å². The van der Waals surface area contributed by atoms with Crippen LogP contribution >= 0.6 is 11.3 Å². The van der Waals surface area contributed by atoms with E-state index < -0.39 is 0 Å². The molecule has 2 saturated heterocycles. The molecule has 1 aromatic rings. The first-order valence-corrected chi connectivity index (χ1v) is 8.12. The maximum Gasteiger partial charge on any atom is 0.0419 e. The second-order valence-corrected chi connectivity index (χ2v) is 7.10. The van der Waals surface area contributed by atoms with E-state index in [1.54, 1.807) is 4.88 Å². The number of hydrogen-bond acceptors (Lipinski definition) is 3. The van der Waals surface area contributed by atoms with Gasteiger partial charge >= 0.3 is 0 Å². The zero-order valence-corrected chi connectivity index (χ0v) is 12.2. The number of hydrogen-bond donors (Lipinski definition) is 1. The summed E-state index contributed by atoms with van der Waals surface area (Å²) >= 11 is 1.99. The molecule has 0 aliphatic carbocycles. The van der Waals surface area contributed by atoms with E-state index in [0.717, 1.165) is 18.5 Å². The van der Waals surface area contributed by atoms with E-state index in [1.807, 2.05) is 11.3 Å². The fraction of sp³-hybridized carbons (Fsp3) is 0.733. The highest BCUT2D eigenvalue weighted by atomic mass is 32.1. The Balaban J connectivity index is 1.78. The molecule has 1 aromatic heterocycles. The number of thiophene rings is 1. The second-order valence-electron chi connectivity index (χ2n) is 5.90. The van der Waals surface area contributed by atoms with Gasteiger partial charge in [-0.1, -0.05) is 6.92 Å². The van der Waals surface area contributed by atoms with Crippen molar-refractivity contribution >= 4 is 11.3 Å². The normalized spacial score (nSPS) is 33.8. The molecule has 0 spiro atoms. The molecule has 0 saturated carbocycles.